The number of esters is 1. The smallest absolute Gasteiger partial charge is 0.307 e. The zero-order chi connectivity index (χ0) is 21.2. The van der Waals surface area contributed by atoms with E-state index in [1.54, 1.807) is 18.2 Å². The highest BCUT2D eigenvalue weighted by Gasteiger charge is 2.39. The number of nitrogens with zero attached hydrogens (tertiary/aromatic N) is 1. The van der Waals surface area contributed by atoms with Crippen LogP contribution in [0, 0.1) is 0 Å². The van der Waals surface area contributed by atoms with Gasteiger partial charge in [0.1, 0.15) is 4.90 Å². The highest BCUT2D eigenvalue weighted by atomic mass is 35.5. The van der Waals surface area contributed by atoms with Gasteiger partial charge in [-0.2, -0.15) is 4.31 Å². The van der Waals surface area contributed by atoms with E-state index in [4.69, 9.17) is 25.8 Å². The van der Waals surface area contributed by atoms with E-state index in [1.807, 2.05) is 6.07 Å². The van der Waals surface area contributed by atoms with Crippen LogP contribution in [-0.2, 0) is 26.0 Å². The Morgan fingerprint density at radius 1 is 1.14 bits per heavy atom. The summed E-state index contributed by atoms with van der Waals surface area (Å²) in [6, 6.07) is 9.03. The monoisotopic (exact) mass is 439 g/mol. The van der Waals surface area contributed by atoms with E-state index in [2.05, 4.69) is 0 Å². The van der Waals surface area contributed by atoms with Gasteiger partial charge in [0.2, 0.25) is 10.0 Å². The van der Waals surface area contributed by atoms with Gasteiger partial charge in [0.25, 0.3) is 0 Å². The van der Waals surface area contributed by atoms with Gasteiger partial charge in [-0.3, -0.25) is 4.79 Å². The maximum Gasteiger partial charge on any atom is 0.307 e. The number of hydrogen-bond acceptors (Lipinski definition) is 6. The van der Waals surface area contributed by atoms with Crippen LogP contribution in [0.15, 0.2) is 41.3 Å². The molecule has 0 unspecified atom stereocenters. The number of sulfonamides is 1. The predicted octanol–water partition coefficient (Wildman–Crippen LogP) is 3.21. The van der Waals surface area contributed by atoms with Crippen molar-refractivity contribution >= 4 is 27.6 Å². The first-order valence-corrected chi connectivity index (χ1v) is 10.7. The number of halogens is 1. The first kappa shape index (κ1) is 21.4. The summed E-state index contributed by atoms with van der Waals surface area (Å²) >= 11 is 6.16. The minimum Gasteiger partial charge on any atom is -0.493 e. The summed E-state index contributed by atoms with van der Waals surface area (Å²) in [4.78, 5) is 12.1. The van der Waals surface area contributed by atoms with Crippen molar-refractivity contribution in [3.05, 3.63) is 52.5 Å². The lowest BCUT2D eigenvalue weighted by Gasteiger charge is -2.36. The molecule has 2 aromatic carbocycles. The van der Waals surface area contributed by atoms with Crippen LogP contribution in [0.5, 0.6) is 11.5 Å². The molecule has 0 saturated heterocycles. The molecular weight excluding hydrogens is 418 g/mol. The van der Waals surface area contributed by atoms with Gasteiger partial charge < -0.3 is 14.2 Å². The Morgan fingerprint density at radius 2 is 1.79 bits per heavy atom. The molecule has 156 valence electrons. The van der Waals surface area contributed by atoms with Crippen molar-refractivity contribution in [2.75, 3.05) is 27.9 Å². The Balaban J connectivity index is 2.14. The summed E-state index contributed by atoms with van der Waals surface area (Å²) in [5.74, 6) is 0.487. The fourth-order valence-electron chi connectivity index (χ4n) is 3.53. The number of carbonyl (C=O) groups excluding carboxylic acids is 1. The van der Waals surface area contributed by atoms with Crippen LogP contribution in [0.1, 0.15) is 23.6 Å². The van der Waals surface area contributed by atoms with E-state index >= 15 is 0 Å². The van der Waals surface area contributed by atoms with Crippen molar-refractivity contribution < 1.29 is 27.4 Å². The number of methoxy groups -OCH3 is 3. The van der Waals surface area contributed by atoms with E-state index in [-0.39, 0.29) is 22.9 Å². The Labute approximate surface area is 175 Å². The fraction of sp³-hybridized carbons (Fsp3) is 0.350. The molecule has 0 saturated carbocycles. The van der Waals surface area contributed by atoms with Gasteiger partial charge in [0.15, 0.2) is 11.5 Å². The molecule has 0 spiro atoms. The highest BCUT2D eigenvalue weighted by Crippen LogP contribution is 2.42. The highest BCUT2D eigenvalue weighted by molar-refractivity contribution is 7.89. The Hall–Kier alpha value is -2.29. The van der Waals surface area contributed by atoms with E-state index < -0.39 is 22.0 Å². The second kappa shape index (κ2) is 8.61. The zero-order valence-electron chi connectivity index (χ0n) is 16.3. The molecule has 1 aliphatic heterocycles. The molecule has 29 heavy (non-hydrogen) atoms. The molecular formula is C20H22ClNO6S. The van der Waals surface area contributed by atoms with Crippen LogP contribution in [0.4, 0.5) is 0 Å². The topological polar surface area (TPSA) is 82.1 Å². The number of benzene rings is 2. The quantitative estimate of drug-likeness (QED) is 0.643. The van der Waals surface area contributed by atoms with Gasteiger partial charge in [0.05, 0.1) is 38.8 Å². The van der Waals surface area contributed by atoms with Gasteiger partial charge >= 0.3 is 5.97 Å². The maximum absolute atomic E-state index is 13.4. The second-order valence-electron chi connectivity index (χ2n) is 6.50. The lowest BCUT2D eigenvalue weighted by Crippen LogP contribution is -2.41. The molecule has 0 amide bonds. The van der Waals surface area contributed by atoms with Crippen LogP contribution in [0.2, 0.25) is 5.02 Å². The third-order valence-electron chi connectivity index (χ3n) is 4.96. The summed E-state index contributed by atoms with van der Waals surface area (Å²) in [6.45, 7) is 0.192. The third kappa shape index (κ3) is 4.05. The lowest BCUT2D eigenvalue weighted by molar-refractivity contribution is -0.141. The predicted molar refractivity (Wildman–Crippen MR) is 108 cm³/mol. The molecule has 0 radical (unpaired) electrons. The van der Waals surface area contributed by atoms with Gasteiger partial charge in [-0.1, -0.05) is 23.7 Å². The van der Waals surface area contributed by atoms with Crippen molar-refractivity contribution in [1.29, 1.82) is 0 Å². The van der Waals surface area contributed by atoms with E-state index in [1.165, 1.54) is 37.8 Å². The van der Waals surface area contributed by atoms with E-state index in [0.29, 0.717) is 23.5 Å². The van der Waals surface area contributed by atoms with Crippen molar-refractivity contribution in [2.24, 2.45) is 0 Å². The van der Waals surface area contributed by atoms with Crippen molar-refractivity contribution in [3.63, 3.8) is 0 Å². The minimum absolute atomic E-state index is 0.000425. The number of fused-ring (bicyclic) bond motifs is 1. The number of hydrogen-bond donors (Lipinski definition) is 0. The van der Waals surface area contributed by atoms with Gasteiger partial charge in [-0.15, -0.1) is 0 Å². The molecule has 1 heterocycles. The van der Waals surface area contributed by atoms with Crippen LogP contribution < -0.4 is 9.47 Å². The number of carbonyl (C=O) groups is 1. The SMILES string of the molecule is COC(=O)C[C@H]1c2cc(OC)c(OC)cc2CCN1S(=O)(=O)c1ccccc1Cl. The molecule has 1 atom stereocenters. The summed E-state index contributed by atoms with van der Waals surface area (Å²) in [5.41, 5.74) is 1.57. The fourth-order valence-corrected chi connectivity index (χ4v) is 5.63. The summed E-state index contributed by atoms with van der Waals surface area (Å²) < 4.78 is 43.7. The molecule has 3 rings (SSSR count). The molecule has 2 aromatic rings. The standard InChI is InChI=1S/C20H22ClNO6S/c1-26-17-10-13-8-9-22(29(24,25)19-7-5-4-6-15(19)21)16(12-20(23)28-3)14(13)11-18(17)27-2/h4-7,10-11,16H,8-9,12H2,1-3H3/t16-/m0/s1. The summed E-state index contributed by atoms with van der Waals surface area (Å²) in [7, 11) is 0.355. The van der Waals surface area contributed by atoms with Crippen LogP contribution in [0.25, 0.3) is 0 Å². The third-order valence-corrected chi connectivity index (χ3v) is 7.37. The first-order chi connectivity index (χ1) is 13.8. The largest absolute Gasteiger partial charge is 0.493 e. The summed E-state index contributed by atoms with van der Waals surface area (Å²) in [5, 5.41) is 0.127. The lowest BCUT2D eigenvalue weighted by atomic mass is 9.91. The average Bonchev–Trinajstić information content (AvgIpc) is 2.72. The van der Waals surface area contributed by atoms with Crippen LogP contribution in [0.3, 0.4) is 0 Å². The summed E-state index contributed by atoms with van der Waals surface area (Å²) in [6.07, 6.45) is 0.319. The maximum atomic E-state index is 13.4. The normalized spacial score (nSPS) is 16.8. The molecule has 7 nitrogen and oxygen atoms in total. The Bertz CT molecular complexity index is 1020. The molecule has 0 bridgehead atoms. The Morgan fingerprint density at radius 3 is 2.41 bits per heavy atom. The number of ether oxygens (including phenoxy) is 3. The van der Waals surface area contributed by atoms with Gasteiger partial charge in [-0.25, -0.2) is 8.42 Å². The Kier molecular flexibility index (Phi) is 6.36. The van der Waals surface area contributed by atoms with E-state index in [9.17, 15) is 13.2 Å². The van der Waals surface area contributed by atoms with Gasteiger partial charge in [-0.05, 0) is 41.8 Å². The minimum atomic E-state index is -3.95. The first-order valence-electron chi connectivity index (χ1n) is 8.91. The molecule has 0 N–H and O–H groups in total. The zero-order valence-corrected chi connectivity index (χ0v) is 17.9. The second-order valence-corrected chi connectivity index (χ2v) is 8.76. The van der Waals surface area contributed by atoms with Crippen molar-refractivity contribution in [2.45, 2.75) is 23.8 Å². The van der Waals surface area contributed by atoms with Crippen molar-refractivity contribution in [1.82, 2.24) is 4.31 Å². The van der Waals surface area contributed by atoms with Crippen LogP contribution in [-0.4, -0.2) is 46.6 Å². The van der Waals surface area contributed by atoms with Gasteiger partial charge in [0, 0.05) is 6.54 Å². The molecule has 0 aliphatic carbocycles. The van der Waals surface area contributed by atoms with E-state index in [0.717, 1.165) is 5.56 Å². The molecule has 9 heteroatoms. The molecule has 0 fully saturated rings. The van der Waals surface area contributed by atoms with Crippen LogP contribution >= 0.6 is 11.6 Å². The average molecular weight is 440 g/mol. The van der Waals surface area contributed by atoms with Crippen molar-refractivity contribution in [3.8, 4) is 11.5 Å². The molecule has 1 aliphatic rings. The molecule has 0 aromatic heterocycles. The number of rotatable bonds is 6.